The van der Waals surface area contributed by atoms with Crippen molar-refractivity contribution < 1.29 is 9.90 Å². The maximum Gasteiger partial charge on any atom is 0.404 e. The van der Waals surface area contributed by atoms with Gasteiger partial charge in [0.1, 0.15) is 0 Å². The van der Waals surface area contributed by atoms with E-state index in [4.69, 9.17) is 5.11 Å². The normalized spacial score (nSPS) is 13.3. The van der Waals surface area contributed by atoms with Gasteiger partial charge in [0.2, 0.25) is 0 Å². The van der Waals surface area contributed by atoms with E-state index in [0.717, 1.165) is 12.8 Å². The highest BCUT2D eigenvalue weighted by Crippen LogP contribution is 1.96. The van der Waals surface area contributed by atoms with E-state index in [-0.39, 0.29) is 6.04 Å². The van der Waals surface area contributed by atoms with E-state index in [1.165, 1.54) is 0 Å². The second kappa shape index (κ2) is 5.77. The highest BCUT2D eigenvalue weighted by molar-refractivity contribution is 5.64. The fourth-order valence-corrected chi connectivity index (χ4v) is 0.796. The minimum absolute atomic E-state index is 0.0451. The minimum atomic E-state index is -0.946. The van der Waals surface area contributed by atoms with Gasteiger partial charge in [0, 0.05) is 6.04 Å². The second-order valence-electron chi connectivity index (χ2n) is 2.50. The molecule has 0 fully saturated rings. The fourth-order valence-electron chi connectivity index (χ4n) is 0.796. The van der Waals surface area contributed by atoms with Crippen LogP contribution in [0.2, 0.25) is 0 Å². The van der Waals surface area contributed by atoms with Crippen LogP contribution < -0.4 is 5.32 Å². The van der Waals surface area contributed by atoms with E-state index in [2.05, 4.69) is 5.32 Å². The Hall–Kier alpha value is -0.990. The number of amides is 1. The molecule has 1 atom stereocenters. The molecular weight excluding hydrogens is 142 g/mol. The number of hydrogen-bond acceptors (Lipinski definition) is 1. The zero-order chi connectivity index (χ0) is 8.69. The maximum absolute atomic E-state index is 10.1. The van der Waals surface area contributed by atoms with Crippen LogP contribution in [0.25, 0.3) is 0 Å². The molecule has 3 nitrogen and oxygen atoms in total. The first-order valence-corrected chi connectivity index (χ1v) is 3.77. The van der Waals surface area contributed by atoms with E-state index >= 15 is 0 Å². The van der Waals surface area contributed by atoms with E-state index in [9.17, 15) is 4.79 Å². The Morgan fingerprint density at radius 1 is 1.73 bits per heavy atom. The van der Waals surface area contributed by atoms with Crippen LogP contribution >= 0.6 is 0 Å². The zero-order valence-electron chi connectivity index (χ0n) is 7.00. The van der Waals surface area contributed by atoms with Gasteiger partial charge in [-0.25, -0.2) is 4.79 Å². The number of carboxylic acid groups (broad SMARTS) is 1. The summed E-state index contributed by atoms with van der Waals surface area (Å²) in [7, 11) is 0. The molecule has 1 amide bonds. The Bertz CT molecular complexity index is 143. The van der Waals surface area contributed by atoms with E-state index in [1.807, 2.05) is 26.0 Å². The topological polar surface area (TPSA) is 49.3 Å². The molecule has 0 aromatic carbocycles. The number of nitrogens with one attached hydrogen (secondary N) is 1. The average molecular weight is 157 g/mol. The predicted octanol–water partition coefficient (Wildman–Crippen LogP) is 2.00. The molecule has 3 heteroatoms. The molecule has 0 saturated heterocycles. The molecule has 0 aromatic rings. The monoisotopic (exact) mass is 157 g/mol. The van der Waals surface area contributed by atoms with Gasteiger partial charge < -0.3 is 10.4 Å². The van der Waals surface area contributed by atoms with Crippen molar-refractivity contribution in [2.24, 2.45) is 0 Å². The van der Waals surface area contributed by atoms with Crippen molar-refractivity contribution in [1.82, 2.24) is 5.32 Å². The van der Waals surface area contributed by atoms with Crippen molar-refractivity contribution in [2.45, 2.75) is 32.7 Å². The van der Waals surface area contributed by atoms with Crippen molar-refractivity contribution in [2.75, 3.05) is 0 Å². The molecule has 11 heavy (non-hydrogen) atoms. The van der Waals surface area contributed by atoms with Crippen LogP contribution in [-0.2, 0) is 0 Å². The lowest BCUT2D eigenvalue weighted by Crippen LogP contribution is -2.30. The van der Waals surface area contributed by atoms with Crippen LogP contribution in [0.3, 0.4) is 0 Å². The molecule has 0 bridgehead atoms. The Labute approximate surface area is 67.1 Å². The molecule has 64 valence electrons. The summed E-state index contributed by atoms with van der Waals surface area (Å²) < 4.78 is 0. The molecule has 0 aliphatic carbocycles. The molecule has 0 heterocycles. The van der Waals surface area contributed by atoms with Gasteiger partial charge in [-0.3, -0.25) is 0 Å². The summed E-state index contributed by atoms with van der Waals surface area (Å²) in [5.74, 6) is 0. The fraction of sp³-hybridized carbons (Fsp3) is 0.625. The molecule has 0 saturated carbocycles. The third kappa shape index (κ3) is 6.90. The highest BCUT2D eigenvalue weighted by Gasteiger charge is 2.02. The molecule has 0 aromatic heterocycles. The SMILES string of the molecule is CC=CCCC(C)NC(=O)O. The second-order valence-corrected chi connectivity index (χ2v) is 2.50. The van der Waals surface area contributed by atoms with Gasteiger partial charge in [0.25, 0.3) is 0 Å². The summed E-state index contributed by atoms with van der Waals surface area (Å²) in [5.41, 5.74) is 0. The number of carbonyl (C=O) groups is 1. The summed E-state index contributed by atoms with van der Waals surface area (Å²) in [6.07, 6.45) is 4.83. The van der Waals surface area contributed by atoms with Crippen molar-refractivity contribution in [3.63, 3.8) is 0 Å². The summed E-state index contributed by atoms with van der Waals surface area (Å²) in [6, 6.07) is 0.0451. The largest absolute Gasteiger partial charge is 0.465 e. The molecule has 0 rings (SSSR count). The molecular formula is C8H15NO2. The minimum Gasteiger partial charge on any atom is -0.465 e. The predicted molar refractivity (Wildman–Crippen MR) is 44.7 cm³/mol. The van der Waals surface area contributed by atoms with Gasteiger partial charge in [0.05, 0.1) is 0 Å². The summed E-state index contributed by atoms with van der Waals surface area (Å²) in [5, 5.41) is 10.7. The average Bonchev–Trinajstić information content (AvgIpc) is 1.86. The van der Waals surface area contributed by atoms with Gasteiger partial charge >= 0.3 is 6.09 Å². The van der Waals surface area contributed by atoms with Gasteiger partial charge in [-0.05, 0) is 26.7 Å². The van der Waals surface area contributed by atoms with E-state index in [1.54, 1.807) is 0 Å². The van der Waals surface area contributed by atoms with Crippen LogP contribution in [0.5, 0.6) is 0 Å². The third-order valence-electron chi connectivity index (χ3n) is 1.37. The Kier molecular flexibility index (Phi) is 5.25. The molecule has 0 spiro atoms. The maximum atomic E-state index is 10.1. The van der Waals surface area contributed by atoms with Crippen molar-refractivity contribution in [3.8, 4) is 0 Å². The smallest absolute Gasteiger partial charge is 0.404 e. The number of rotatable bonds is 4. The lowest BCUT2D eigenvalue weighted by molar-refractivity contribution is 0.190. The van der Waals surface area contributed by atoms with Crippen LogP contribution in [0.1, 0.15) is 26.7 Å². The number of hydrogen-bond donors (Lipinski definition) is 2. The van der Waals surface area contributed by atoms with Crippen LogP contribution in [0.4, 0.5) is 4.79 Å². The van der Waals surface area contributed by atoms with Crippen LogP contribution in [0.15, 0.2) is 12.2 Å². The van der Waals surface area contributed by atoms with Gasteiger partial charge in [0.15, 0.2) is 0 Å². The van der Waals surface area contributed by atoms with Crippen molar-refractivity contribution in [3.05, 3.63) is 12.2 Å². The Morgan fingerprint density at radius 2 is 2.36 bits per heavy atom. The summed E-state index contributed by atoms with van der Waals surface area (Å²) in [6.45, 7) is 3.81. The first-order chi connectivity index (χ1) is 5.16. The lowest BCUT2D eigenvalue weighted by Gasteiger charge is -2.08. The van der Waals surface area contributed by atoms with Crippen molar-refractivity contribution in [1.29, 1.82) is 0 Å². The lowest BCUT2D eigenvalue weighted by atomic mass is 10.2. The molecule has 0 aliphatic heterocycles. The Morgan fingerprint density at radius 3 is 2.82 bits per heavy atom. The first-order valence-electron chi connectivity index (χ1n) is 3.77. The number of allylic oxidation sites excluding steroid dienone is 2. The first kappa shape index (κ1) is 10.0. The van der Waals surface area contributed by atoms with Gasteiger partial charge in [-0.2, -0.15) is 0 Å². The molecule has 0 aliphatic rings. The highest BCUT2D eigenvalue weighted by atomic mass is 16.4. The summed E-state index contributed by atoms with van der Waals surface area (Å²) >= 11 is 0. The molecule has 2 N–H and O–H groups in total. The molecule has 1 unspecified atom stereocenters. The van der Waals surface area contributed by atoms with Crippen molar-refractivity contribution >= 4 is 6.09 Å². The Balaban J connectivity index is 3.36. The van der Waals surface area contributed by atoms with Crippen LogP contribution in [-0.4, -0.2) is 17.2 Å². The summed E-state index contributed by atoms with van der Waals surface area (Å²) in [4.78, 5) is 10.1. The third-order valence-corrected chi connectivity index (χ3v) is 1.37. The van der Waals surface area contributed by atoms with Gasteiger partial charge in [-0.15, -0.1) is 0 Å². The zero-order valence-corrected chi connectivity index (χ0v) is 7.00. The van der Waals surface area contributed by atoms with E-state index < -0.39 is 6.09 Å². The van der Waals surface area contributed by atoms with Crippen LogP contribution in [0, 0.1) is 0 Å². The quantitative estimate of drug-likeness (QED) is 0.613. The van der Waals surface area contributed by atoms with Gasteiger partial charge in [-0.1, -0.05) is 12.2 Å². The van der Waals surface area contributed by atoms with E-state index in [0.29, 0.717) is 0 Å². The molecule has 0 radical (unpaired) electrons. The standard InChI is InChI=1S/C8H15NO2/c1-3-4-5-6-7(2)9-8(10)11/h3-4,7,9H,5-6H2,1-2H3,(H,10,11).